The van der Waals surface area contributed by atoms with Crippen LogP contribution in [0.2, 0.25) is 0 Å². The smallest absolute Gasteiger partial charge is 0.240 e. The maximum atomic E-state index is 11.1. The fraction of sp³-hybridized carbons (Fsp3) is 0.273. The molecule has 5 N–H and O–H groups in total. The number of benzene rings is 1. The number of nitrogen functional groups attached to an aromatic ring is 2. The van der Waals surface area contributed by atoms with Gasteiger partial charge in [-0.2, -0.15) is 5.10 Å². The lowest BCUT2D eigenvalue weighted by atomic mass is 9.94. The van der Waals surface area contributed by atoms with Gasteiger partial charge in [-0.05, 0) is 12.1 Å². The molecule has 1 aliphatic rings. The number of nitrogens with two attached hydrogens (primary N) is 2. The van der Waals surface area contributed by atoms with Crippen LogP contribution in [0.3, 0.4) is 0 Å². The van der Waals surface area contributed by atoms with Crippen LogP contribution in [0.5, 0.6) is 0 Å². The number of hydrogen-bond acceptors (Lipinski definition) is 4. The lowest BCUT2D eigenvalue weighted by Gasteiger charge is -2.19. The van der Waals surface area contributed by atoms with E-state index in [0.29, 0.717) is 17.8 Å². The first-order valence-electron chi connectivity index (χ1n) is 5.09. The van der Waals surface area contributed by atoms with Crippen LogP contribution in [0.25, 0.3) is 0 Å². The molecule has 1 amide bonds. The fourth-order valence-electron chi connectivity index (χ4n) is 1.74. The molecule has 1 heterocycles. The Balaban J connectivity index is 0.00000144. The van der Waals surface area contributed by atoms with Crippen LogP contribution in [0, 0.1) is 5.92 Å². The molecule has 2 rings (SSSR count). The largest absolute Gasteiger partial charge is 0.397 e. The second-order valence-electron chi connectivity index (χ2n) is 3.98. The lowest BCUT2D eigenvalue weighted by Crippen LogP contribution is -2.32. The van der Waals surface area contributed by atoms with E-state index in [0.717, 1.165) is 11.3 Å². The minimum absolute atomic E-state index is 0. The van der Waals surface area contributed by atoms with Gasteiger partial charge in [-0.25, -0.2) is 5.43 Å². The van der Waals surface area contributed by atoms with E-state index in [1.165, 1.54) is 0 Å². The third-order valence-electron chi connectivity index (χ3n) is 2.64. The second-order valence-corrected chi connectivity index (χ2v) is 3.98. The predicted molar refractivity (Wildman–Crippen MR) is 78.2 cm³/mol. The molecule has 1 unspecified atom stereocenters. The first kappa shape index (κ1) is 16.5. The van der Waals surface area contributed by atoms with Crippen molar-refractivity contribution in [2.24, 2.45) is 11.0 Å². The zero-order valence-corrected chi connectivity index (χ0v) is 11.5. The Hall–Kier alpha value is -1.46. The first-order chi connectivity index (χ1) is 7.58. The Morgan fingerprint density at radius 3 is 2.50 bits per heavy atom. The van der Waals surface area contributed by atoms with Gasteiger partial charge in [-0.15, -0.1) is 24.8 Å². The minimum Gasteiger partial charge on any atom is -0.397 e. The van der Waals surface area contributed by atoms with Crippen molar-refractivity contribution in [2.45, 2.75) is 13.3 Å². The quantitative estimate of drug-likeness (QED) is 0.685. The Labute approximate surface area is 118 Å². The molecule has 0 saturated carbocycles. The first-order valence-corrected chi connectivity index (χ1v) is 5.09. The highest BCUT2D eigenvalue weighted by Gasteiger charge is 2.21. The number of nitrogens with zero attached hydrogens (tertiary/aromatic N) is 1. The third-order valence-corrected chi connectivity index (χ3v) is 2.64. The van der Waals surface area contributed by atoms with Crippen molar-refractivity contribution in [1.29, 1.82) is 0 Å². The van der Waals surface area contributed by atoms with Crippen molar-refractivity contribution >= 4 is 47.8 Å². The summed E-state index contributed by atoms with van der Waals surface area (Å²) in [5.74, 6) is 0.0384. The molecule has 1 aromatic rings. The van der Waals surface area contributed by atoms with Crippen molar-refractivity contribution in [3.63, 3.8) is 0 Å². The molecule has 100 valence electrons. The summed E-state index contributed by atoms with van der Waals surface area (Å²) in [7, 11) is 0. The van der Waals surface area contributed by atoms with Crippen LogP contribution in [-0.2, 0) is 4.79 Å². The van der Waals surface area contributed by atoms with E-state index in [1.54, 1.807) is 12.1 Å². The summed E-state index contributed by atoms with van der Waals surface area (Å²) in [6, 6.07) is 5.39. The van der Waals surface area contributed by atoms with E-state index in [-0.39, 0.29) is 36.6 Å². The molecular formula is C11H16Cl2N4O. The SMILES string of the molecule is CC1CC(=O)NN=C1c1ccc(N)c(N)c1.Cl.Cl. The summed E-state index contributed by atoms with van der Waals surface area (Å²) < 4.78 is 0. The van der Waals surface area contributed by atoms with Gasteiger partial charge in [0.1, 0.15) is 0 Å². The lowest BCUT2D eigenvalue weighted by molar-refractivity contribution is -0.121. The molecule has 7 heteroatoms. The fourth-order valence-corrected chi connectivity index (χ4v) is 1.74. The Morgan fingerprint density at radius 2 is 1.94 bits per heavy atom. The van der Waals surface area contributed by atoms with Crippen LogP contribution in [0.4, 0.5) is 11.4 Å². The molecule has 0 fully saturated rings. The van der Waals surface area contributed by atoms with E-state index in [1.807, 2.05) is 13.0 Å². The van der Waals surface area contributed by atoms with Gasteiger partial charge < -0.3 is 11.5 Å². The second kappa shape index (κ2) is 6.47. The molecule has 18 heavy (non-hydrogen) atoms. The van der Waals surface area contributed by atoms with E-state index in [4.69, 9.17) is 11.5 Å². The Morgan fingerprint density at radius 1 is 1.28 bits per heavy atom. The molecule has 0 bridgehead atoms. The Bertz CT molecular complexity index is 476. The van der Waals surface area contributed by atoms with E-state index in [9.17, 15) is 4.79 Å². The van der Waals surface area contributed by atoms with Gasteiger partial charge in [0.25, 0.3) is 0 Å². The molecule has 1 aromatic carbocycles. The van der Waals surface area contributed by atoms with Crippen molar-refractivity contribution in [3.8, 4) is 0 Å². The highest BCUT2D eigenvalue weighted by molar-refractivity contribution is 6.06. The maximum absolute atomic E-state index is 11.1. The number of nitrogens with one attached hydrogen (secondary N) is 1. The minimum atomic E-state index is -0.0559. The zero-order valence-electron chi connectivity index (χ0n) is 9.84. The number of halogens is 2. The van der Waals surface area contributed by atoms with Crippen LogP contribution in [0.15, 0.2) is 23.3 Å². The standard InChI is InChI=1S/C11H14N4O.2ClH/c1-6-4-10(16)14-15-11(6)7-2-3-8(12)9(13)5-7;;/h2-3,5-6H,4,12-13H2,1H3,(H,14,16);2*1H. The van der Waals surface area contributed by atoms with E-state index in [2.05, 4.69) is 10.5 Å². The summed E-state index contributed by atoms with van der Waals surface area (Å²) in [6.45, 7) is 1.96. The molecule has 5 nitrogen and oxygen atoms in total. The van der Waals surface area contributed by atoms with Gasteiger partial charge in [0.15, 0.2) is 0 Å². The van der Waals surface area contributed by atoms with Crippen LogP contribution in [0.1, 0.15) is 18.9 Å². The number of rotatable bonds is 1. The van der Waals surface area contributed by atoms with E-state index >= 15 is 0 Å². The van der Waals surface area contributed by atoms with Gasteiger partial charge in [0, 0.05) is 17.9 Å². The van der Waals surface area contributed by atoms with Crippen LogP contribution >= 0.6 is 24.8 Å². The number of anilines is 2. The molecule has 0 spiro atoms. The number of carbonyl (C=O) groups excluding carboxylic acids is 1. The average molecular weight is 291 g/mol. The molecule has 0 aliphatic carbocycles. The van der Waals surface area contributed by atoms with Gasteiger partial charge in [-0.3, -0.25) is 4.79 Å². The number of carbonyl (C=O) groups is 1. The summed E-state index contributed by atoms with van der Waals surface area (Å²) in [5, 5.41) is 4.05. The third kappa shape index (κ3) is 3.27. The van der Waals surface area contributed by atoms with Crippen LogP contribution < -0.4 is 16.9 Å². The highest BCUT2D eigenvalue weighted by Crippen LogP contribution is 2.21. The van der Waals surface area contributed by atoms with Gasteiger partial charge in [-0.1, -0.05) is 13.0 Å². The van der Waals surface area contributed by atoms with Crippen LogP contribution in [-0.4, -0.2) is 11.6 Å². The summed E-state index contributed by atoms with van der Waals surface area (Å²) in [4.78, 5) is 11.1. The average Bonchev–Trinajstić information content (AvgIpc) is 2.22. The molecule has 1 atom stereocenters. The van der Waals surface area contributed by atoms with Gasteiger partial charge in [0.05, 0.1) is 17.1 Å². The van der Waals surface area contributed by atoms with Crippen molar-refractivity contribution < 1.29 is 4.79 Å². The molecule has 0 aromatic heterocycles. The number of hydrazone groups is 1. The molecule has 0 radical (unpaired) electrons. The van der Waals surface area contributed by atoms with Crippen molar-refractivity contribution in [1.82, 2.24) is 5.43 Å². The monoisotopic (exact) mass is 290 g/mol. The van der Waals surface area contributed by atoms with E-state index < -0.39 is 0 Å². The molecule has 1 aliphatic heterocycles. The highest BCUT2D eigenvalue weighted by atomic mass is 35.5. The molecule has 0 saturated heterocycles. The van der Waals surface area contributed by atoms with Gasteiger partial charge in [0.2, 0.25) is 5.91 Å². The predicted octanol–water partition coefficient (Wildman–Crippen LogP) is 1.55. The zero-order chi connectivity index (χ0) is 11.7. The van der Waals surface area contributed by atoms with Gasteiger partial charge >= 0.3 is 0 Å². The summed E-state index contributed by atoms with van der Waals surface area (Å²) in [6.07, 6.45) is 0.448. The number of amides is 1. The molecular weight excluding hydrogens is 275 g/mol. The maximum Gasteiger partial charge on any atom is 0.240 e. The van der Waals surface area contributed by atoms with Crippen molar-refractivity contribution in [2.75, 3.05) is 11.5 Å². The van der Waals surface area contributed by atoms with Crippen molar-refractivity contribution in [3.05, 3.63) is 23.8 Å². The Kier molecular flexibility index (Phi) is 5.94. The summed E-state index contributed by atoms with van der Waals surface area (Å²) >= 11 is 0. The topological polar surface area (TPSA) is 93.5 Å². The summed E-state index contributed by atoms with van der Waals surface area (Å²) in [5.41, 5.74) is 16.7. The number of hydrogen-bond donors (Lipinski definition) is 3. The normalized spacial score (nSPS) is 17.9.